The van der Waals surface area contributed by atoms with Crippen LogP contribution in [-0.4, -0.2) is 6.61 Å². The monoisotopic (exact) mass is 292 g/mol. The van der Waals surface area contributed by atoms with Crippen LogP contribution in [0.5, 0.6) is 5.75 Å². The summed E-state index contributed by atoms with van der Waals surface area (Å²) in [4.78, 5) is 0. The first-order valence-electron chi connectivity index (χ1n) is 7.78. The van der Waals surface area contributed by atoms with E-state index in [0.29, 0.717) is 12.5 Å². The Morgan fingerprint density at radius 3 is 2.43 bits per heavy atom. The molecule has 0 aromatic heterocycles. The first kappa shape index (κ1) is 15.8. The van der Waals surface area contributed by atoms with E-state index in [4.69, 9.17) is 4.74 Å². The highest BCUT2D eigenvalue weighted by atomic mass is 19.2. The van der Waals surface area contributed by atoms with Gasteiger partial charge in [0, 0.05) is 5.92 Å². The fourth-order valence-electron chi connectivity index (χ4n) is 2.79. The molecular formula is C18H22F2O. The summed E-state index contributed by atoms with van der Waals surface area (Å²) in [5.74, 6) is 5.12. The fourth-order valence-corrected chi connectivity index (χ4v) is 2.79. The Balaban J connectivity index is 2.07. The lowest BCUT2D eigenvalue weighted by atomic mass is 9.81. The van der Waals surface area contributed by atoms with Gasteiger partial charge in [0.15, 0.2) is 11.6 Å². The topological polar surface area (TPSA) is 9.23 Å². The van der Waals surface area contributed by atoms with E-state index in [2.05, 4.69) is 18.8 Å². The predicted molar refractivity (Wildman–Crippen MR) is 80.1 cm³/mol. The molecule has 0 saturated heterocycles. The highest BCUT2D eigenvalue weighted by Crippen LogP contribution is 2.30. The van der Waals surface area contributed by atoms with Crippen molar-refractivity contribution >= 4 is 0 Å². The maximum Gasteiger partial charge on any atom is 0.201 e. The third kappa shape index (κ3) is 3.97. The van der Waals surface area contributed by atoms with E-state index in [1.54, 1.807) is 6.92 Å². The number of benzene rings is 1. The van der Waals surface area contributed by atoms with Crippen molar-refractivity contribution in [3.63, 3.8) is 0 Å². The van der Waals surface area contributed by atoms with Gasteiger partial charge in [-0.3, -0.25) is 0 Å². The molecule has 114 valence electrons. The van der Waals surface area contributed by atoms with Gasteiger partial charge in [-0.2, -0.15) is 4.39 Å². The van der Waals surface area contributed by atoms with Gasteiger partial charge in [0.2, 0.25) is 5.82 Å². The standard InChI is InChI=1S/C18H22F2O/c1-3-13-5-7-14(8-6-13)9-10-15-11-12-16(21-4-2)18(20)17(15)19/h11-14H,3-8H2,1-2H3. The molecule has 1 aromatic carbocycles. The van der Waals surface area contributed by atoms with E-state index in [-0.39, 0.29) is 11.3 Å². The van der Waals surface area contributed by atoms with Gasteiger partial charge in [0.05, 0.1) is 12.2 Å². The first-order chi connectivity index (χ1) is 10.2. The van der Waals surface area contributed by atoms with Crippen molar-refractivity contribution < 1.29 is 13.5 Å². The van der Waals surface area contributed by atoms with Crippen LogP contribution >= 0.6 is 0 Å². The third-order valence-electron chi connectivity index (χ3n) is 4.18. The van der Waals surface area contributed by atoms with E-state index in [1.807, 2.05) is 0 Å². The highest BCUT2D eigenvalue weighted by Gasteiger charge is 2.18. The molecule has 0 atom stereocenters. The average Bonchev–Trinajstić information content (AvgIpc) is 2.52. The summed E-state index contributed by atoms with van der Waals surface area (Å²) in [5, 5.41) is 0. The van der Waals surface area contributed by atoms with Gasteiger partial charge < -0.3 is 4.74 Å². The van der Waals surface area contributed by atoms with Crippen LogP contribution in [0.3, 0.4) is 0 Å². The zero-order chi connectivity index (χ0) is 15.2. The molecule has 2 rings (SSSR count). The molecule has 0 unspecified atom stereocenters. The smallest absolute Gasteiger partial charge is 0.201 e. The van der Waals surface area contributed by atoms with E-state index in [1.165, 1.54) is 31.4 Å². The molecule has 0 radical (unpaired) electrons. The van der Waals surface area contributed by atoms with Crippen LogP contribution in [0.1, 0.15) is 51.5 Å². The quantitative estimate of drug-likeness (QED) is 0.718. The van der Waals surface area contributed by atoms with Gasteiger partial charge in [-0.15, -0.1) is 0 Å². The molecule has 21 heavy (non-hydrogen) atoms. The van der Waals surface area contributed by atoms with Crippen molar-refractivity contribution in [3.8, 4) is 17.6 Å². The minimum atomic E-state index is -0.946. The zero-order valence-electron chi connectivity index (χ0n) is 12.7. The van der Waals surface area contributed by atoms with Gasteiger partial charge in [-0.1, -0.05) is 25.2 Å². The molecule has 1 nitrogen and oxygen atoms in total. The summed E-state index contributed by atoms with van der Waals surface area (Å²) < 4.78 is 32.7. The minimum Gasteiger partial charge on any atom is -0.491 e. The predicted octanol–water partition coefficient (Wildman–Crippen LogP) is 4.93. The Kier molecular flexibility index (Phi) is 5.61. The lowest BCUT2D eigenvalue weighted by Crippen LogP contribution is -2.12. The van der Waals surface area contributed by atoms with Crippen LogP contribution in [0, 0.1) is 35.3 Å². The number of ether oxygens (including phenoxy) is 1. The molecule has 0 heterocycles. The SMILES string of the molecule is CCOc1ccc(C#CC2CCC(CC)CC2)c(F)c1F. The molecule has 1 aliphatic rings. The van der Waals surface area contributed by atoms with Crippen LogP contribution in [0.2, 0.25) is 0 Å². The molecule has 0 amide bonds. The molecule has 1 aromatic rings. The van der Waals surface area contributed by atoms with Crippen molar-refractivity contribution in [1.82, 2.24) is 0 Å². The number of halogens is 2. The van der Waals surface area contributed by atoms with Crippen LogP contribution < -0.4 is 4.74 Å². The third-order valence-corrected chi connectivity index (χ3v) is 4.18. The Morgan fingerprint density at radius 2 is 1.81 bits per heavy atom. The second-order valence-electron chi connectivity index (χ2n) is 5.57. The second-order valence-corrected chi connectivity index (χ2v) is 5.57. The lowest BCUT2D eigenvalue weighted by molar-refractivity contribution is 0.309. The minimum absolute atomic E-state index is 0.0518. The van der Waals surface area contributed by atoms with E-state index >= 15 is 0 Å². The maximum absolute atomic E-state index is 13.9. The molecule has 0 spiro atoms. The molecule has 0 N–H and O–H groups in total. The van der Waals surface area contributed by atoms with Crippen molar-refractivity contribution in [2.75, 3.05) is 6.61 Å². The van der Waals surface area contributed by atoms with Crippen molar-refractivity contribution in [1.29, 1.82) is 0 Å². The molecule has 1 aliphatic carbocycles. The normalized spacial score (nSPS) is 21.5. The second kappa shape index (κ2) is 7.45. The van der Waals surface area contributed by atoms with E-state index in [9.17, 15) is 8.78 Å². The Bertz CT molecular complexity index is 534. The number of rotatable bonds is 3. The summed E-state index contributed by atoms with van der Waals surface area (Å²) in [6.45, 7) is 4.26. The first-order valence-corrected chi connectivity index (χ1v) is 7.78. The largest absolute Gasteiger partial charge is 0.491 e. The zero-order valence-corrected chi connectivity index (χ0v) is 12.7. The van der Waals surface area contributed by atoms with Gasteiger partial charge in [-0.25, -0.2) is 4.39 Å². The Labute approximate surface area is 125 Å². The molecular weight excluding hydrogens is 270 g/mol. The summed E-state index contributed by atoms with van der Waals surface area (Å²) in [5.41, 5.74) is 0.119. The van der Waals surface area contributed by atoms with E-state index < -0.39 is 11.6 Å². The van der Waals surface area contributed by atoms with Crippen molar-refractivity contribution in [2.24, 2.45) is 11.8 Å². The number of hydrogen-bond donors (Lipinski definition) is 0. The van der Waals surface area contributed by atoms with Crippen LogP contribution in [0.25, 0.3) is 0 Å². The summed E-state index contributed by atoms with van der Waals surface area (Å²) in [7, 11) is 0. The van der Waals surface area contributed by atoms with E-state index in [0.717, 1.165) is 18.8 Å². The number of hydrogen-bond acceptors (Lipinski definition) is 1. The van der Waals surface area contributed by atoms with Crippen molar-refractivity contribution in [2.45, 2.75) is 46.0 Å². The van der Waals surface area contributed by atoms with Gasteiger partial charge in [0.1, 0.15) is 0 Å². The average molecular weight is 292 g/mol. The summed E-state index contributed by atoms with van der Waals surface area (Å²) in [6, 6.07) is 2.94. The molecule has 0 aliphatic heterocycles. The van der Waals surface area contributed by atoms with Gasteiger partial charge in [-0.05, 0) is 50.7 Å². The lowest BCUT2D eigenvalue weighted by Gasteiger charge is -2.24. The molecule has 1 fully saturated rings. The fraction of sp³-hybridized carbons (Fsp3) is 0.556. The Morgan fingerprint density at radius 1 is 1.10 bits per heavy atom. The highest BCUT2D eigenvalue weighted by molar-refractivity contribution is 5.41. The van der Waals surface area contributed by atoms with Gasteiger partial charge >= 0.3 is 0 Å². The molecule has 0 bridgehead atoms. The van der Waals surface area contributed by atoms with Crippen LogP contribution in [0.4, 0.5) is 8.78 Å². The van der Waals surface area contributed by atoms with Gasteiger partial charge in [0.25, 0.3) is 0 Å². The van der Waals surface area contributed by atoms with Crippen LogP contribution in [-0.2, 0) is 0 Å². The summed E-state index contributed by atoms with van der Waals surface area (Å²) in [6.07, 6.45) is 5.73. The van der Waals surface area contributed by atoms with Crippen LogP contribution in [0.15, 0.2) is 12.1 Å². The van der Waals surface area contributed by atoms with Crippen molar-refractivity contribution in [3.05, 3.63) is 29.3 Å². The molecule has 3 heteroatoms. The molecule has 1 saturated carbocycles. The Hall–Kier alpha value is -1.56. The maximum atomic E-state index is 13.9. The summed E-state index contributed by atoms with van der Waals surface area (Å²) >= 11 is 0.